The number of hydrogen-bond acceptors (Lipinski definition) is 3. The van der Waals surface area contributed by atoms with Gasteiger partial charge in [0.15, 0.2) is 0 Å². The summed E-state index contributed by atoms with van der Waals surface area (Å²) < 4.78 is 0. The normalized spacial score (nSPS) is 22.4. The third-order valence-corrected chi connectivity index (χ3v) is 5.59. The summed E-state index contributed by atoms with van der Waals surface area (Å²) in [4.78, 5) is 25.1. The van der Waals surface area contributed by atoms with Crippen LogP contribution in [0.25, 0.3) is 0 Å². The summed E-state index contributed by atoms with van der Waals surface area (Å²) in [6.45, 7) is 3.59. The third kappa shape index (κ3) is 3.61. The van der Waals surface area contributed by atoms with E-state index in [1.807, 2.05) is 18.5 Å². The minimum atomic E-state index is 0.0559. The van der Waals surface area contributed by atoms with E-state index in [2.05, 4.69) is 44.0 Å². The zero-order chi connectivity index (χ0) is 17.1. The van der Waals surface area contributed by atoms with Gasteiger partial charge in [0.05, 0.1) is 6.04 Å². The fourth-order valence-corrected chi connectivity index (χ4v) is 4.20. The Morgan fingerprint density at radius 2 is 1.92 bits per heavy atom. The number of likely N-dealkylation sites (tertiary alicyclic amines) is 2. The molecule has 0 saturated carbocycles. The van der Waals surface area contributed by atoms with Gasteiger partial charge in [-0.2, -0.15) is 0 Å². The van der Waals surface area contributed by atoms with Crippen LogP contribution in [0.4, 0.5) is 0 Å². The summed E-state index contributed by atoms with van der Waals surface area (Å²) in [5.41, 5.74) is 1.29. The van der Waals surface area contributed by atoms with Crippen LogP contribution in [0, 0.1) is 0 Å². The lowest BCUT2D eigenvalue weighted by atomic mass is 9.95. The summed E-state index contributed by atoms with van der Waals surface area (Å²) in [6.07, 6.45) is 7.81. The van der Waals surface area contributed by atoms with Gasteiger partial charge in [0.25, 0.3) is 0 Å². The first-order chi connectivity index (χ1) is 12.3. The Labute approximate surface area is 149 Å². The number of aromatic amines is 1. The maximum Gasteiger partial charge on any atom is 0.239 e. The predicted octanol–water partition coefficient (Wildman–Crippen LogP) is 2.78. The molecule has 3 heterocycles. The summed E-state index contributed by atoms with van der Waals surface area (Å²) in [6, 6.07) is 10.5. The van der Waals surface area contributed by atoms with Gasteiger partial charge in [-0.25, -0.2) is 4.98 Å². The van der Waals surface area contributed by atoms with E-state index in [9.17, 15) is 4.79 Å². The van der Waals surface area contributed by atoms with Crippen molar-refractivity contribution < 1.29 is 4.79 Å². The van der Waals surface area contributed by atoms with Gasteiger partial charge in [-0.1, -0.05) is 30.3 Å². The topological polar surface area (TPSA) is 52.2 Å². The standard InChI is InChI=1S/C20H26N4O/c25-20(23-13-8-17(9-14-23)19-21-10-11-22-19)18-7-4-12-24(18)15-16-5-2-1-3-6-16/h1-3,5-6,10-11,17-18H,4,7-9,12-15H2,(H,21,22). The molecule has 2 saturated heterocycles. The van der Waals surface area contributed by atoms with E-state index in [1.165, 1.54) is 5.56 Å². The van der Waals surface area contributed by atoms with Crippen LogP contribution in [0.2, 0.25) is 0 Å². The first-order valence-electron chi connectivity index (χ1n) is 9.37. The second kappa shape index (κ2) is 7.40. The smallest absolute Gasteiger partial charge is 0.239 e. The quantitative estimate of drug-likeness (QED) is 0.933. The van der Waals surface area contributed by atoms with Gasteiger partial charge in [-0.05, 0) is 37.8 Å². The van der Waals surface area contributed by atoms with Crippen molar-refractivity contribution in [2.75, 3.05) is 19.6 Å². The van der Waals surface area contributed by atoms with Gasteiger partial charge in [0.2, 0.25) is 5.91 Å². The number of aromatic nitrogens is 2. The van der Waals surface area contributed by atoms with Gasteiger partial charge in [0.1, 0.15) is 5.82 Å². The summed E-state index contributed by atoms with van der Waals surface area (Å²) in [7, 11) is 0. The van der Waals surface area contributed by atoms with Gasteiger partial charge < -0.3 is 9.88 Å². The summed E-state index contributed by atoms with van der Waals surface area (Å²) in [5.74, 6) is 1.85. The molecular weight excluding hydrogens is 312 g/mol. The minimum Gasteiger partial charge on any atom is -0.348 e. The zero-order valence-corrected chi connectivity index (χ0v) is 14.6. The molecule has 132 valence electrons. The lowest BCUT2D eigenvalue weighted by Crippen LogP contribution is -2.48. The van der Waals surface area contributed by atoms with E-state index in [1.54, 1.807) is 0 Å². The molecular formula is C20H26N4O. The number of rotatable bonds is 4. The fourth-order valence-electron chi connectivity index (χ4n) is 4.20. The van der Waals surface area contributed by atoms with Crippen LogP contribution in [0.15, 0.2) is 42.7 Å². The average Bonchev–Trinajstić information content (AvgIpc) is 3.34. The number of hydrogen-bond donors (Lipinski definition) is 1. The first kappa shape index (κ1) is 16.3. The van der Waals surface area contributed by atoms with Crippen LogP contribution >= 0.6 is 0 Å². The second-order valence-electron chi connectivity index (χ2n) is 7.19. The summed E-state index contributed by atoms with van der Waals surface area (Å²) in [5, 5.41) is 0. The fraction of sp³-hybridized carbons (Fsp3) is 0.500. The molecule has 2 aromatic rings. The number of carbonyl (C=O) groups excluding carboxylic acids is 1. The van der Waals surface area contributed by atoms with Crippen molar-refractivity contribution >= 4 is 5.91 Å². The average molecular weight is 338 g/mol. The molecule has 1 N–H and O–H groups in total. The van der Waals surface area contributed by atoms with Gasteiger partial charge in [-0.15, -0.1) is 0 Å². The summed E-state index contributed by atoms with van der Waals surface area (Å²) >= 11 is 0. The molecule has 4 rings (SSSR count). The van der Waals surface area contributed by atoms with Crippen LogP contribution < -0.4 is 0 Å². The van der Waals surface area contributed by atoms with E-state index in [-0.39, 0.29) is 6.04 Å². The number of piperidine rings is 1. The number of imidazole rings is 1. The van der Waals surface area contributed by atoms with Crippen LogP contribution in [-0.4, -0.2) is 51.4 Å². The number of benzene rings is 1. The number of nitrogens with zero attached hydrogens (tertiary/aromatic N) is 3. The van der Waals surface area contributed by atoms with E-state index >= 15 is 0 Å². The van der Waals surface area contributed by atoms with Crippen molar-refractivity contribution in [1.82, 2.24) is 19.8 Å². The maximum absolute atomic E-state index is 13.1. The second-order valence-corrected chi connectivity index (χ2v) is 7.19. The highest BCUT2D eigenvalue weighted by atomic mass is 16.2. The maximum atomic E-state index is 13.1. The van der Waals surface area contributed by atoms with Crippen molar-refractivity contribution in [2.24, 2.45) is 0 Å². The molecule has 2 aliphatic heterocycles. The van der Waals surface area contributed by atoms with Crippen LogP contribution in [-0.2, 0) is 11.3 Å². The van der Waals surface area contributed by atoms with E-state index in [0.29, 0.717) is 11.8 Å². The molecule has 5 nitrogen and oxygen atoms in total. The monoisotopic (exact) mass is 338 g/mol. The van der Waals surface area contributed by atoms with Crippen molar-refractivity contribution in [3.63, 3.8) is 0 Å². The first-order valence-corrected chi connectivity index (χ1v) is 9.37. The molecule has 0 aliphatic carbocycles. The molecule has 0 spiro atoms. The Balaban J connectivity index is 1.35. The molecule has 0 bridgehead atoms. The van der Waals surface area contributed by atoms with Gasteiger partial charge >= 0.3 is 0 Å². The van der Waals surface area contributed by atoms with Crippen molar-refractivity contribution in [3.05, 3.63) is 54.1 Å². The predicted molar refractivity (Wildman–Crippen MR) is 97.0 cm³/mol. The Morgan fingerprint density at radius 3 is 2.64 bits per heavy atom. The van der Waals surface area contributed by atoms with E-state index in [4.69, 9.17) is 0 Å². The van der Waals surface area contributed by atoms with Crippen LogP contribution in [0.3, 0.4) is 0 Å². The number of carbonyl (C=O) groups is 1. The molecule has 5 heteroatoms. The Bertz CT molecular complexity index is 677. The Morgan fingerprint density at radius 1 is 1.12 bits per heavy atom. The molecule has 25 heavy (non-hydrogen) atoms. The minimum absolute atomic E-state index is 0.0559. The van der Waals surface area contributed by atoms with Crippen LogP contribution in [0.5, 0.6) is 0 Å². The molecule has 2 fully saturated rings. The molecule has 2 aliphatic rings. The highest BCUT2D eigenvalue weighted by molar-refractivity contribution is 5.82. The largest absolute Gasteiger partial charge is 0.348 e. The molecule has 1 aromatic carbocycles. The third-order valence-electron chi connectivity index (χ3n) is 5.59. The zero-order valence-electron chi connectivity index (χ0n) is 14.6. The molecule has 1 aromatic heterocycles. The lowest BCUT2D eigenvalue weighted by Gasteiger charge is -2.35. The Kier molecular flexibility index (Phi) is 4.83. The number of H-pyrrole nitrogens is 1. The van der Waals surface area contributed by atoms with Crippen molar-refractivity contribution in [3.8, 4) is 0 Å². The van der Waals surface area contributed by atoms with Gasteiger partial charge in [0, 0.05) is 37.9 Å². The SMILES string of the molecule is O=C(C1CCCN1Cc1ccccc1)N1CCC(c2ncc[nH]2)CC1. The number of nitrogens with one attached hydrogen (secondary N) is 1. The molecule has 0 radical (unpaired) electrons. The molecule has 1 unspecified atom stereocenters. The van der Waals surface area contributed by atoms with E-state index in [0.717, 1.165) is 57.7 Å². The molecule has 1 amide bonds. The highest BCUT2D eigenvalue weighted by Crippen LogP contribution is 2.28. The van der Waals surface area contributed by atoms with Crippen molar-refractivity contribution in [1.29, 1.82) is 0 Å². The highest BCUT2D eigenvalue weighted by Gasteiger charge is 2.35. The van der Waals surface area contributed by atoms with Gasteiger partial charge in [-0.3, -0.25) is 9.69 Å². The van der Waals surface area contributed by atoms with Crippen LogP contribution in [0.1, 0.15) is 43.0 Å². The number of amides is 1. The van der Waals surface area contributed by atoms with E-state index < -0.39 is 0 Å². The lowest BCUT2D eigenvalue weighted by molar-refractivity contribution is -0.137. The molecule has 1 atom stereocenters. The Hall–Kier alpha value is -2.14. The van der Waals surface area contributed by atoms with Crippen molar-refractivity contribution in [2.45, 2.75) is 44.2 Å².